The van der Waals surface area contributed by atoms with Crippen molar-refractivity contribution in [2.45, 2.75) is 17.4 Å². The zero-order chi connectivity index (χ0) is 16.7. The molecule has 2 saturated heterocycles. The summed E-state index contributed by atoms with van der Waals surface area (Å²) in [5.41, 5.74) is 0.411. The maximum absolute atomic E-state index is 12.8. The topological polar surface area (TPSA) is 66.9 Å². The third kappa shape index (κ3) is 3.10. The van der Waals surface area contributed by atoms with Crippen LogP contribution in [0.25, 0.3) is 0 Å². The minimum absolute atomic E-state index is 0.0680. The molecule has 8 heteroatoms. The summed E-state index contributed by atoms with van der Waals surface area (Å²) in [6.07, 6.45) is 0. The molecular formula is C15H19ClN2O4S. The van der Waals surface area contributed by atoms with E-state index in [1.807, 2.05) is 6.92 Å². The van der Waals surface area contributed by atoms with E-state index in [-0.39, 0.29) is 23.2 Å². The summed E-state index contributed by atoms with van der Waals surface area (Å²) >= 11 is 5.54. The van der Waals surface area contributed by atoms with Crippen LogP contribution in [0.2, 0.25) is 0 Å². The van der Waals surface area contributed by atoms with Crippen LogP contribution in [0.1, 0.15) is 5.56 Å². The van der Waals surface area contributed by atoms with Gasteiger partial charge in [0.2, 0.25) is 15.9 Å². The van der Waals surface area contributed by atoms with Gasteiger partial charge in [-0.05, 0) is 19.1 Å². The second kappa shape index (κ2) is 6.05. The molecule has 0 radical (unpaired) electrons. The Balaban J connectivity index is 1.74. The number of hydrogen-bond acceptors (Lipinski definition) is 4. The molecule has 0 N–H and O–H groups in total. The number of sulfonamides is 1. The van der Waals surface area contributed by atoms with Gasteiger partial charge in [-0.25, -0.2) is 8.42 Å². The van der Waals surface area contributed by atoms with Crippen LogP contribution >= 0.6 is 11.6 Å². The maximum atomic E-state index is 12.8. The number of aryl methyl sites for hydroxylation is 1. The lowest BCUT2D eigenvalue weighted by molar-refractivity contribution is -0.181. The minimum atomic E-state index is -3.55. The average Bonchev–Trinajstić information content (AvgIpc) is 2.52. The molecule has 1 amide bonds. The number of alkyl halides is 1. The molecule has 0 saturated carbocycles. The summed E-state index contributed by atoms with van der Waals surface area (Å²) in [5, 5.41) is 0. The Morgan fingerprint density at radius 2 is 1.91 bits per heavy atom. The van der Waals surface area contributed by atoms with Crippen LogP contribution in [-0.2, 0) is 19.6 Å². The van der Waals surface area contributed by atoms with E-state index < -0.39 is 15.6 Å². The van der Waals surface area contributed by atoms with Crippen LogP contribution in [0.3, 0.4) is 0 Å². The highest BCUT2D eigenvalue weighted by molar-refractivity contribution is 7.89. The van der Waals surface area contributed by atoms with E-state index >= 15 is 0 Å². The largest absolute Gasteiger partial charge is 0.369 e. The van der Waals surface area contributed by atoms with Gasteiger partial charge < -0.3 is 9.64 Å². The fraction of sp³-hybridized carbons (Fsp3) is 0.533. The van der Waals surface area contributed by atoms with Gasteiger partial charge in [-0.2, -0.15) is 4.31 Å². The van der Waals surface area contributed by atoms with Gasteiger partial charge in [-0.1, -0.05) is 17.7 Å². The molecule has 2 fully saturated rings. The predicted octanol–water partition coefficient (Wildman–Crippen LogP) is 0.836. The molecule has 2 heterocycles. The minimum Gasteiger partial charge on any atom is -0.369 e. The van der Waals surface area contributed by atoms with E-state index in [4.69, 9.17) is 16.3 Å². The van der Waals surface area contributed by atoms with Crippen molar-refractivity contribution in [3.05, 3.63) is 29.8 Å². The second-order valence-corrected chi connectivity index (χ2v) is 8.27. The molecule has 0 aliphatic carbocycles. The first-order valence-electron chi connectivity index (χ1n) is 7.41. The predicted molar refractivity (Wildman–Crippen MR) is 85.9 cm³/mol. The van der Waals surface area contributed by atoms with Gasteiger partial charge in [0.05, 0.1) is 24.6 Å². The Kier molecular flexibility index (Phi) is 4.39. The van der Waals surface area contributed by atoms with Crippen molar-refractivity contribution >= 4 is 27.5 Å². The Bertz CT molecular complexity index is 699. The van der Waals surface area contributed by atoms with Crippen molar-refractivity contribution in [1.82, 2.24) is 9.21 Å². The molecule has 0 unspecified atom stereocenters. The quantitative estimate of drug-likeness (QED) is 0.751. The number of benzene rings is 1. The lowest BCUT2D eigenvalue weighted by Gasteiger charge is -2.53. The standard InChI is InChI=1S/C15H19ClN2O4S/c1-12-2-4-13(5-3-12)23(20,21)18-6-7-22-15(11-18)9-17(10-15)14(19)8-16/h2-5H,6-11H2,1H3. The molecule has 1 aromatic rings. The van der Waals surface area contributed by atoms with Crippen molar-refractivity contribution in [2.24, 2.45) is 0 Å². The smallest absolute Gasteiger partial charge is 0.243 e. The van der Waals surface area contributed by atoms with Crippen molar-refractivity contribution in [3.63, 3.8) is 0 Å². The third-order valence-electron chi connectivity index (χ3n) is 4.30. The SMILES string of the molecule is Cc1ccc(S(=O)(=O)N2CCOC3(CN(C(=O)CCl)C3)C2)cc1. The molecule has 23 heavy (non-hydrogen) atoms. The van der Waals surface area contributed by atoms with Crippen molar-refractivity contribution < 1.29 is 17.9 Å². The van der Waals surface area contributed by atoms with Crippen LogP contribution in [0.4, 0.5) is 0 Å². The van der Waals surface area contributed by atoms with E-state index in [1.54, 1.807) is 29.2 Å². The van der Waals surface area contributed by atoms with Crippen molar-refractivity contribution in [3.8, 4) is 0 Å². The number of rotatable bonds is 3. The second-order valence-electron chi connectivity index (χ2n) is 6.07. The normalized spacial score (nSPS) is 21.2. The lowest BCUT2D eigenvalue weighted by atomic mass is 9.92. The Morgan fingerprint density at radius 1 is 1.26 bits per heavy atom. The number of carbonyl (C=O) groups is 1. The van der Waals surface area contributed by atoms with Gasteiger partial charge >= 0.3 is 0 Å². The van der Waals surface area contributed by atoms with E-state index in [9.17, 15) is 13.2 Å². The first-order chi connectivity index (χ1) is 10.9. The molecule has 1 spiro atoms. The molecule has 3 rings (SSSR count). The van der Waals surface area contributed by atoms with Gasteiger partial charge in [0.25, 0.3) is 0 Å². The molecule has 0 bridgehead atoms. The van der Waals surface area contributed by atoms with Crippen LogP contribution in [0.15, 0.2) is 29.2 Å². The van der Waals surface area contributed by atoms with Gasteiger partial charge in [-0.3, -0.25) is 4.79 Å². The summed E-state index contributed by atoms with van der Waals surface area (Å²) < 4.78 is 32.7. The molecule has 0 atom stereocenters. The monoisotopic (exact) mass is 358 g/mol. The number of carbonyl (C=O) groups excluding carboxylic acids is 1. The zero-order valence-electron chi connectivity index (χ0n) is 12.9. The molecule has 1 aromatic carbocycles. The van der Waals surface area contributed by atoms with Gasteiger partial charge in [0.1, 0.15) is 11.5 Å². The maximum Gasteiger partial charge on any atom is 0.243 e. The molecule has 126 valence electrons. The van der Waals surface area contributed by atoms with Gasteiger partial charge in [-0.15, -0.1) is 11.6 Å². The molecular weight excluding hydrogens is 340 g/mol. The molecule has 2 aliphatic rings. The van der Waals surface area contributed by atoms with E-state index in [0.717, 1.165) is 5.56 Å². The number of amides is 1. The fourth-order valence-electron chi connectivity index (χ4n) is 2.98. The number of ether oxygens (including phenoxy) is 1. The highest BCUT2D eigenvalue weighted by Gasteiger charge is 2.50. The average molecular weight is 359 g/mol. The van der Waals surface area contributed by atoms with Gasteiger partial charge in [0.15, 0.2) is 0 Å². The Hall–Kier alpha value is -1.15. The number of nitrogens with zero attached hydrogens (tertiary/aromatic N) is 2. The van der Waals surface area contributed by atoms with Crippen LogP contribution < -0.4 is 0 Å². The van der Waals surface area contributed by atoms with Crippen molar-refractivity contribution in [1.29, 1.82) is 0 Å². The molecule has 6 nitrogen and oxygen atoms in total. The molecule has 2 aliphatic heterocycles. The molecule has 0 aromatic heterocycles. The highest BCUT2D eigenvalue weighted by Crippen LogP contribution is 2.31. The van der Waals surface area contributed by atoms with E-state index in [0.29, 0.717) is 26.2 Å². The number of hydrogen-bond donors (Lipinski definition) is 0. The number of likely N-dealkylation sites (tertiary alicyclic amines) is 1. The van der Waals surface area contributed by atoms with Crippen LogP contribution in [-0.4, -0.2) is 67.8 Å². The lowest BCUT2D eigenvalue weighted by Crippen LogP contribution is -2.71. The highest BCUT2D eigenvalue weighted by atomic mass is 35.5. The summed E-state index contributed by atoms with van der Waals surface area (Å²) in [6, 6.07) is 6.81. The summed E-state index contributed by atoms with van der Waals surface area (Å²) in [7, 11) is -3.55. The summed E-state index contributed by atoms with van der Waals surface area (Å²) in [4.78, 5) is 13.4. The number of morpholine rings is 1. The Labute approximate surface area is 141 Å². The summed E-state index contributed by atoms with van der Waals surface area (Å²) in [5.74, 6) is -0.221. The number of halogens is 1. The first-order valence-corrected chi connectivity index (χ1v) is 9.38. The Morgan fingerprint density at radius 3 is 2.52 bits per heavy atom. The van der Waals surface area contributed by atoms with Crippen LogP contribution in [0, 0.1) is 6.92 Å². The van der Waals surface area contributed by atoms with Gasteiger partial charge in [0, 0.05) is 13.1 Å². The zero-order valence-corrected chi connectivity index (χ0v) is 14.4. The fourth-order valence-corrected chi connectivity index (χ4v) is 4.64. The van der Waals surface area contributed by atoms with Crippen LogP contribution in [0.5, 0.6) is 0 Å². The van der Waals surface area contributed by atoms with Crippen molar-refractivity contribution in [2.75, 3.05) is 38.7 Å². The third-order valence-corrected chi connectivity index (χ3v) is 6.39. The van der Waals surface area contributed by atoms with E-state index in [1.165, 1.54) is 4.31 Å². The van der Waals surface area contributed by atoms with E-state index in [2.05, 4.69) is 0 Å². The first kappa shape index (κ1) is 16.7. The summed E-state index contributed by atoms with van der Waals surface area (Å²) in [6.45, 7) is 3.60.